The largest absolute Gasteiger partial charge is 0.342 e. The molecule has 2 aliphatic heterocycles. The predicted octanol–water partition coefficient (Wildman–Crippen LogP) is 4.22. The zero-order valence-corrected chi connectivity index (χ0v) is 21.1. The van der Waals surface area contributed by atoms with Gasteiger partial charge in [0.15, 0.2) is 0 Å². The van der Waals surface area contributed by atoms with Crippen LogP contribution < -0.4 is 10.6 Å². The molecule has 0 atom stereocenters. The molecule has 37 heavy (non-hydrogen) atoms. The summed E-state index contributed by atoms with van der Waals surface area (Å²) in [6, 6.07) is 8.82. The average molecular weight is 506 g/mol. The van der Waals surface area contributed by atoms with Gasteiger partial charge in [-0.15, -0.1) is 0 Å². The minimum atomic E-state index is -0.768. The number of fused-ring (bicyclic) bond motifs is 1. The number of carbonyl (C=O) groups is 3. The minimum absolute atomic E-state index is 0.0257. The number of halogens is 1. The van der Waals surface area contributed by atoms with E-state index in [-0.39, 0.29) is 17.8 Å². The predicted molar refractivity (Wildman–Crippen MR) is 138 cm³/mol. The summed E-state index contributed by atoms with van der Waals surface area (Å²) in [5, 5.41) is 5.88. The second kappa shape index (κ2) is 10.3. The van der Waals surface area contributed by atoms with Gasteiger partial charge in [0, 0.05) is 32.2 Å². The molecule has 2 aromatic rings. The summed E-state index contributed by atoms with van der Waals surface area (Å²) < 4.78 is 13.4. The Morgan fingerprint density at radius 3 is 2.46 bits per heavy atom. The van der Waals surface area contributed by atoms with Crippen molar-refractivity contribution in [3.63, 3.8) is 0 Å². The van der Waals surface area contributed by atoms with Crippen molar-refractivity contribution in [2.75, 3.05) is 18.4 Å². The van der Waals surface area contributed by atoms with Gasteiger partial charge in [-0.1, -0.05) is 37.5 Å². The summed E-state index contributed by atoms with van der Waals surface area (Å²) in [5.74, 6) is -0.532. The summed E-state index contributed by atoms with van der Waals surface area (Å²) in [6.07, 6.45) is 8.36. The van der Waals surface area contributed by atoms with E-state index in [1.807, 2.05) is 29.2 Å². The molecule has 9 heteroatoms. The van der Waals surface area contributed by atoms with E-state index in [0.717, 1.165) is 48.1 Å². The molecule has 8 nitrogen and oxygen atoms in total. The van der Waals surface area contributed by atoms with Gasteiger partial charge in [0.2, 0.25) is 11.8 Å². The molecule has 0 radical (unpaired) electrons. The van der Waals surface area contributed by atoms with E-state index in [1.165, 1.54) is 19.2 Å². The fourth-order valence-electron chi connectivity index (χ4n) is 5.65. The van der Waals surface area contributed by atoms with E-state index in [4.69, 9.17) is 0 Å². The van der Waals surface area contributed by atoms with Crippen molar-refractivity contribution in [2.45, 2.75) is 64.1 Å². The van der Waals surface area contributed by atoms with Crippen LogP contribution in [-0.2, 0) is 22.7 Å². The van der Waals surface area contributed by atoms with Gasteiger partial charge in [0.05, 0.1) is 18.4 Å². The summed E-state index contributed by atoms with van der Waals surface area (Å²) in [4.78, 5) is 45.5. The Morgan fingerprint density at radius 1 is 1.03 bits per heavy atom. The van der Waals surface area contributed by atoms with Crippen molar-refractivity contribution in [1.29, 1.82) is 0 Å². The lowest BCUT2D eigenvalue weighted by Gasteiger charge is -2.41. The highest BCUT2D eigenvalue weighted by molar-refractivity contribution is 5.92. The van der Waals surface area contributed by atoms with Crippen molar-refractivity contribution in [3.8, 4) is 0 Å². The van der Waals surface area contributed by atoms with E-state index < -0.39 is 11.4 Å². The lowest BCUT2D eigenvalue weighted by Crippen LogP contribution is -2.60. The first kappa shape index (κ1) is 24.9. The maximum Gasteiger partial charge on any atom is 0.322 e. The highest BCUT2D eigenvalue weighted by Crippen LogP contribution is 2.32. The van der Waals surface area contributed by atoms with Crippen LogP contribution in [0.4, 0.5) is 14.9 Å². The van der Waals surface area contributed by atoms with E-state index >= 15 is 0 Å². The molecule has 5 rings (SSSR count). The molecule has 3 aliphatic rings. The number of benzene rings is 1. The number of amides is 4. The Morgan fingerprint density at radius 2 is 1.78 bits per heavy atom. The normalized spacial score (nSPS) is 18.6. The number of rotatable bonds is 4. The quantitative estimate of drug-likeness (QED) is 0.651. The molecule has 1 saturated carbocycles. The van der Waals surface area contributed by atoms with Gasteiger partial charge in [-0.05, 0) is 54.2 Å². The molecule has 1 fully saturated rings. The molecule has 1 aliphatic carbocycles. The van der Waals surface area contributed by atoms with Gasteiger partial charge in [0.1, 0.15) is 11.4 Å². The summed E-state index contributed by atoms with van der Waals surface area (Å²) in [5.41, 5.74) is 3.56. The van der Waals surface area contributed by atoms with Crippen LogP contribution in [0.2, 0.25) is 0 Å². The van der Waals surface area contributed by atoms with Crippen LogP contribution in [0.15, 0.2) is 42.6 Å². The van der Waals surface area contributed by atoms with Gasteiger partial charge >= 0.3 is 6.03 Å². The second-order valence-electron chi connectivity index (χ2n) is 10.2. The fourth-order valence-corrected chi connectivity index (χ4v) is 5.65. The lowest BCUT2D eigenvalue weighted by molar-refractivity contribution is -0.142. The third-order valence-electron chi connectivity index (χ3n) is 7.55. The summed E-state index contributed by atoms with van der Waals surface area (Å²) in [7, 11) is 0. The number of hydrogen-bond donors (Lipinski definition) is 2. The lowest BCUT2D eigenvalue weighted by atomic mass is 9.80. The first-order valence-corrected chi connectivity index (χ1v) is 12.9. The Hall–Kier alpha value is -3.75. The maximum absolute atomic E-state index is 13.4. The molecule has 0 saturated heterocycles. The molecule has 0 spiro atoms. The van der Waals surface area contributed by atoms with Gasteiger partial charge in [-0.3, -0.25) is 14.6 Å². The number of carbonyl (C=O) groups excluding carboxylic acids is 3. The molecule has 3 heterocycles. The first-order chi connectivity index (χ1) is 17.8. The topological polar surface area (TPSA) is 94.6 Å². The van der Waals surface area contributed by atoms with Crippen LogP contribution >= 0.6 is 0 Å². The zero-order chi connectivity index (χ0) is 26.0. The number of hydrogen-bond acceptors (Lipinski definition) is 4. The third kappa shape index (κ3) is 5.35. The number of aromatic nitrogens is 1. The molecular formula is C28H32FN5O3. The Kier molecular flexibility index (Phi) is 6.95. The molecule has 0 unspecified atom stereocenters. The van der Waals surface area contributed by atoms with Crippen molar-refractivity contribution in [2.24, 2.45) is 0 Å². The van der Waals surface area contributed by atoms with Crippen LogP contribution in [0.25, 0.3) is 5.57 Å². The van der Waals surface area contributed by atoms with Gasteiger partial charge < -0.3 is 20.4 Å². The molecule has 1 aromatic carbocycles. The zero-order valence-electron chi connectivity index (χ0n) is 21.1. The Labute approximate surface area is 215 Å². The molecule has 0 bridgehead atoms. The van der Waals surface area contributed by atoms with Crippen LogP contribution in [-0.4, -0.2) is 51.3 Å². The van der Waals surface area contributed by atoms with Crippen molar-refractivity contribution in [3.05, 3.63) is 65.2 Å². The number of anilines is 1. The number of urea groups is 1. The van der Waals surface area contributed by atoms with Crippen molar-refractivity contribution >= 4 is 29.1 Å². The smallest absolute Gasteiger partial charge is 0.322 e. The monoisotopic (exact) mass is 505 g/mol. The average Bonchev–Trinajstić information content (AvgIpc) is 3.32. The SMILES string of the molecule is CC(=O)NC1(C(=O)N2CC=C(c3ccc(NC(=O)N4Cc5cc(F)cnc5C4)cc3)CC2)CCCCC1. The molecular weight excluding hydrogens is 473 g/mol. The van der Waals surface area contributed by atoms with E-state index in [9.17, 15) is 18.8 Å². The minimum Gasteiger partial charge on any atom is -0.342 e. The van der Waals surface area contributed by atoms with E-state index in [1.54, 1.807) is 4.90 Å². The number of nitrogens with zero attached hydrogens (tertiary/aromatic N) is 3. The molecule has 1 aromatic heterocycles. The highest BCUT2D eigenvalue weighted by Gasteiger charge is 2.42. The molecule has 2 N–H and O–H groups in total. The van der Waals surface area contributed by atoms with E-state index in [2.05, 4.69) is 21.7 Å². The van der Waals surface area contributed by atoms with Gasteiger partial charge in [-0.2, -0.15) is 0 Å². The number of nitrogens with one attached hydrogen (secondary N) is 2. The fraction of sp³-hybridized carbons (Fsp3) is 0.429. The maximum atomic E-state index is 13.4. The molecule has 194 valence electrons. The first-order valence-electron chi connectivity index (χ1n) is 12.9. The van der Waals surface area contributed by atoms with E-state index in [0.29, 0.717) is 44.7 Å². The Balaban J connectivity index is 1.19. The molecule has 4 amide bonds. The number of pyridine rings is 1. The van der Waals surface area contributed by atoms with Gasteiger partial charge in [-0.25, -0.2) is 9.18 Å². The highest BCUT2D eigenvalue weighted by atomic mass is 19.1. The van der Waals surface area contributed by atoms with Gasteiger partial charge in [0.25, 0.3) is 0 Å². The standard InChI is InChI=1S/C28H32FN5O3/c1-19(35)32-28(11-3-2-4-12-28)26(36)33-13-9-21(10-14-33)20-5-7-24(8-6-20)31-27(37)34-17-22-15-23(29)16-30-25(22)18-34/h5-9,15-16H,2-4,10-14,17-18H2,1H3,(H,31,37)(H,32,35). The van der Waals surface area contributed by atoms with Crippen LogP contribution in [0.5, 0.6) is 0 Å². The third-order valence-corrected chi connectivity index (χ3v) is 7.55. The summed E-state index contributed by atoms with van der Waals surface area (Å²) >= 11 is 0. The van der Waals surface area contributed by atoms with Crippen LogP contribution in [0.3, 0.4) is 0 Å². The van der Waals surface area contributed by atoms with Crippen molar-refractivity contribution in [1.82, 2.24) is 20.1 Å². The Bertz CT molecular complexity index is 1240. The van der Waals surface area contributed by atoms with Crippen molar-refractivity contribution < 1.29 is 18.8 Å². The van der Waals surface area contributed by atoms with Crippen LogP contribution in [0, 0.1) is 5.82 Å². The van der Waals surface area contributed by atoms with Crippen LogP contribution in [0.1, 0.15) is 62.3 Å². The summed E-state index contributed by atoms with van der Waals surface area (Å²) in [6.45, 7) is 3.28. The second-order valence-corrected chi connectivity index (χ2v) is 10.2.